The van der Waals surface area contributed by atoms with Crippen LogP contribution in [0.3, 0.4) is 0 Å². The van der Waals surface area contributed by atoms with Crippen molar-refractivity contribution >= 4 is 23.5 Å². The molecule has 1 aliphatic rings. The maximum atomic E-state index is 12.4. The quantitative estimate of drug-likeness (QED) is 0.153. The van der Waals surface area contributed by atoms with Crippen molar-refractivity contribution in [3.05, 3.63) is 0 Å². The number of nitrogens with two attached hydrogens (primary N) is 1. The van der Waals surface area contributed by atoms with Crippen molar-refractivity contribution < 1.29 is 9.59 Å². The number of carbonyl (C=O) groups is 2. The van der Waals surface area contributed by atoms with Crippen LogP contribution in [0.1, 0.15) is 136 Å². The van der Waals surface area contributed by atoms with E-state index in [0.29, 0.717) is 31.0 Å². The van der Waals surface area contributed by atoms with Gasteiger partial charge >= 0.3 is 0 Å². The lowest BCUT2D eigenvalue weighted by Gasteiger charge is -2.35. The van der Waals surface area contributed by atoms with Crippen LogP contribution in [0.15, 0.2) is 0 Å². The van der Waals surface area contributed by atoms with Crippen LogP contribution in [0, 0.1) is 11.3 Å². The van der Waals surface area contributed by atoms with E-state index >= 15 is 0 Å². The van der Waals surface area contributed by atoms with Gasteiger partial charge in [0.15, 0.2) is 0 Å². The predicted octanol–water partition coefficient (Wildman–Crippen LogP) is 7.43. The molecule has 0 spiro atoms. The summed E-state index contributed by atoms with van der Waals surface area (Å²) < 4.78 is 0. The van der Waals surface area contributed by atoms with Crippen LogP contribution >= 0.6 is 11.8 Å². The average molecular weight is 497 g/mol. The number of hydrogen-bond acceptors (Lipinski definition) is 4. The van der Waals surface area contributed by atoms with Gasteiger partial charge in [0, 0.05) is 24.6 Å². The van der Waals surface area contributed by atoms with Gasteiger partial charge in [-0.15, -0.1) is 0 Å². The molecule has 1 rings (SSSR count). The van der Waals surface area contributed by atoms with Gasteiger partial charge in [-0.25, -0.2) is 0 Å². The van der Waals surface area contributed by atoms with Gasteiger partial charge < -0.3 is 11.1 Å². The van der Waals surface area contributed by atoms with E-state index in [9.17, 15) is 9.59 Å². The summed E-state index contributed by atoms with van der Waals surface area (Å²) in [6, 6.07) is 0. The highest BCUT2D eigenvalue weighted by molar-refractivity contribution is 7.99. The number of Topliss-reactive ketones (excluding diaryl/α,β-unsaturated/α-hetero) is 1. The molecule has 0 bridgehead atoms. The molecule has 5 heteroatoms. The molecule has 1 atom stereocenters. The number of amides is 1. The van der Waals surface area contributed by atoms with Crippen molar-refractivity contribution in [3.8, 4) is 0 Å². The molecule has 1 amide bonds. The zero-order chi connectivity index (χ0) is 24.9. The molecular weight excluding hydrogens is 440 g/mol. The maximum Gasteiger partial charge on any atom is 0.220 e. The molecule has 0 saturated heterocycles. The minimum absolute atomic E-state index is 0.0226. The zero-order valence-electron chi connectivity index (χ0n) is 22.6. The van der Waals surface area contributed by atoms with Crippen molar-refractivity contribution in [2.24, 2.45) is 17.1 Å². The van der Waals surface area contributed by atoms with E-state index < -0.39 is 0 Å². The first-order valence-electron chi connectivity index (χ1n) is 14.6. The number of thioether (sulfide) groups is 1. The van der Waals surface area contributed by atoms with Crippen molar-refractivity contribution in [2.45, 2.75) is 136 Å². The standard InChI is InChI=1S/C29H56N2O2S/c1-3-4-5-6-7-8-9-10-11-12-13-15-18-26(2)27(32)24-34-22-21-31-28(33)23-29(25-30)19-16-14-17-20-29/h26H,3-25,30H2,1-2H3,(H,31,33). The number of hydrogen-bond donors (Lipinski definition) is 2. The van der Waals surface area contributed by atoms with Gasteiger partial charge in [0.25, 0.3) is 0 Å². The van der Waals surface area contributed by atoms with Crippen molar-refractivity contribution in [3.63, 3.8) is 0 Å². The largest absolute Gasteiger partial charge is 0.355 e. The Balaban J connectivity index is 1.94. The minimum atomic E-state index is 0.0226. The lowest BCUT2D eigenvalue weighted by atomic mass is 9.72. The summed E-state index contributed by atoms with van der Waals surface area (Å²) in [5.74, 6) is 2.03. The summed E-state index contributed by atoms with van der Waals surface area (Å²) >= 11 is 1.65. The molecule has 0 aromatic carbocycles. The zero-order valence-corrected chi connectivity index (χ0v) is 23.5. The van der Waals surface area contributed by atoms with Gasteiger partial charge in [0.1, 0.15) is 5.78 Å². The van der Waals surface area contributed by atoms with E-state index in [2.05, 4.69) is 19.2 Å². The molecule has 0 aliphatic heterocycles. The van der Waals surface area contributed by atoms with Crippen molar-refractivity contribution in [2.75, 3.05) is 24.6 Å². The maximum absolute atomic E-state index is 12.4. The van der Waals surface area contributed by atoms with E-state index in [1.54, 1.807) is 11.8 Å². The van der Waals surface area contributed by atoms with E-state index in [1.807, 2.05) is 0 Å². The highest BCUT2D eigenvalue weighted by Crippen LogP contribution is 2.38. The van der Waals surface area contributed by atoms with Crippen molar-refractivity contribution in [1.29, 1.82) is 0 Å². The first-order chi connectivity index (χ1) is 16.5. The molecule has 0 aromatic heterocycles. The topological polar surface area (TPSA) is 72.2 Å². The molecule has 0 heterocycles. The van der Waals surface area contributed by atoms with Crippen LogP contribution in [-0.4, -0.2) is 36.3 Å². The smallest absolute Gasteiger partial charge is 0.220 e. The third-order valence-electron chi connectivity index (χ3n) is 7.74. The molecule has 4 nitrogen and oxygen atoms in total. The Morgan fingerprint density at radius 2 is 1.44 bits per heavy atom. The Bertz CT molecular complexity index is 520. The second-order valence-corrected chi connectivity index (χ2v) is 12.0. The highest BCUT2D eigenvalue weighted by atomic mass is 32.2. The summed E-state index contributed by atoms with van der Waals surface area (Å²) in [4.78, 5) is 24.7. The second-order valence-electron chi connectivity index (χ2n) is 10.9. The predicted molar refractivity (Wildman–Crippen MR) is 149 cm³/mol. The number of unbranched alkanes of at least 4 members (excludes halogenated alkanes) is 11. The number of nitrogens with one attached hydrogen (secondary N) is 1. The molecule has 1 fully saturated rings. The Morgan fingerprint density at radius 1 is 0.882 bits per heavy atom. The molecule has 1 saturated carbocycles. The number of rotatable bonds is 22. The van der Waals surface area contributed by atoms with Gasteiger partial charge in [-0.3, -0.25) is 9.59 Å². The third kappa shape index (κ3) is 15.4. The molecule has 1 unspecified atom stereocenters. The summed E-state index contributed by atoms with van der Waals surface area (Å²) in [5, 5.41) is 3.04. The van der Waals surface area contributed by atoms with E-state index in [4.69, 9.17) is 5.73 Å². The molecule has 0 radical (unpaired) electrons. The normalized spacial score (nSPS) is 16.3. The molecule has 1 aliphatic carbocycles. The molecule has 0 aromatic rings. The van der Waals surface area contributed by atoms with E-state index in [0.717, 1.165) is 25.0 Å². The number of carbonyl (C=O) groups excluding carboxylic acids is 2. The van der Waals surface area contributed by atoms with Gasteiger partial charge in [-0.05, 0) is 31.2 Å². The summed E-state index contributed by atoms with van der Waals surface area (Å²) in [7, 11) is 0. The van der Waals surface area contributed by atoms with Gasteiger partial charge in [0.05, 0.1) is 5.75 Å². The van der Waals surface area contributed by atoms with Gasteiger partial charge in [-0.1, -0.05) is 110 Å². The fourth-order valence-corrected chi connectivity index (χ4v) is 6.06. The first-order valence-corrected chi connectivity index (χ1v) is 15.8. The fraction of sp³-hybridized carbons (Fsp3) is 0.931. The third-order valence-corrected chi connectivity index (χ3v) is 8.72. The van der Waals surface area contributed by atoms with Crippen LogP contribution in [0.2, 0.25) is 0 Å². The Labute approximate surface area is 215 Å². The van der Waals surface area contributed by atoms with Crippen LogP contribution in [0.4, 0.5) is 0 Å². The Hall–Kier alpha value is -0.550. The average Bonchev–Trinajstić information content (AvgIpc) is 2.84. The lowest BCUT2D eigenvalue weighted by Crippen LogP contribution is -2.39. The highest BCUT2D eigenvalue weighted by Gasteiger charge is 2.32. The van der Waals surface area contributed by atoms with Crippen LogP contribution < -0.4 is 11.1 Å². The summed E-state index contributed by atoms with van der Waals surface area (Å²) in [6.45, 7) is 5.61. The summed E-state index contributed by atoms with van der Waals surface area (Å²) in [5.41, 5.74) is 6.02. The van der Waals surface area contributed by atoms with Gasteiger partial charge in [-0.2, -0.15) is 11.8 Å². The molecule has 200 valence electrons. The van der Waals surface area contributed by atoms with Crippen LogP contribution in [0.5, 0.6) is 0 Å². The van der Waals surface area contributed by atoms with Gasteiger partial charge in [0.2, 0.25) is 5.91 Å². The number of ketones is 1. The molecule has 34 heavy (non-hydrogen) atoms. The SMILES string of the molecule is CCCCCCCCCCCCCCC(C)C(=O)CSCCNC(=O)CC1(CN)CCCCC1. The van der Waals surface area contributed by atoms with Crippen molar-refractivity contribution in [1.82, 2.24) is 5.32 Å². The molecule has 3 N–H and O–H groups in total. The van der Waals surface area contributed by atoms with E-state index in [1.165, 1.54) is 96.3 Å². The Morgan fingerprint density at radius 3 is 2.00 bits per heavy atom. The lowest BCUT2D eigenvalue weighted by molar-refractivity contribution is -0.123. The second kappa shape index (κ2) is 20.6. The fourth-order valence-electron chi connectivity index (χ4n) is 5.19. The molecular formula is C29H56N2O2S. The minimum Gasteiger partial charge on any atom is -0.355 e. The monoisotopic (exact) mass is 496 g/mol. The Kier molecular flexibility index (Phi) is 19.1. The summed E-state index contributed by atoms with van der Waals surface area (Å²) in [6.07, 6.45) is 23.7. The van der Waals surface area contributed by atoms with E-state index in [-0.39, 0.29) is 17.2 Å². The van der Waals surface area contributed by atoms with Crippen LogP contribution in [0.25, 0.3) is 0 Å². The van der Waals surface area contributed by atoms with Crippen LogP contribution in [-0.2, 0) is 9.59 Å². The first kappa shape index (κ1) is 31.5.